The molecule has 1 unspecified atom stereocenters. The van der Waals surface area contributed by atoms with E-state index in [1.54, 1.807) is 0 Å². The minimum Gasteiger partial charge on any atom is -0.462 e. The maximum Gasteiger partial charge on any atom is 0.472 e. The molecular weight excluding hydrogens is 750 g/mol. The van der Waals surface area contributed by atoms with Gasteiger partial charge in [-0.25, -0.2) is 4.57 Å². The second-order valence-electron chi connectivity index (χ2n) is 16.1. The largest absolute Gasteiger partial charge is 0.472 e. The van der Waals surface area contributed by atoms with Crippen LogP contribution in [0.5, 0.6) is 0 Å². The van der Waals surface area contributed by atoms with Crippen molar-refractivity contribution in [3.8, 4) is 0 Å². The molecule has 0 fully saturated rings. The van der Waals surface area contributed by atoms with E-state index >= 15 is 0 Å². The third-order valence-corrected chi connectivity index (χ3v) is 10.2. The fourth-order valence-electron chi connectivity index (χ4n) is 5.63. The Morgan fingerprint density at radius 2 is 0.983 bits per heavy atom. The van der Waals surface area contributed by atoms with E-state index in [2.05, 4.69) is 86.8 Å². The van der Waals surface area contributed by atoms with E-state index in [1.165, 1.54) is 51.4 Å². The Morgan fingerprint density at radius 3 is 1.53 bits per heavy atom. The Kier molecular flexibility index (Phi) is 38.1. The maximum atomic E-state index is 12.7. The summed E-state index contributed by atoms with van der Waals surface area (Å²) >= 11 is 0. The van der Waals surface area contributed by atoms with E-state index in [0.29, 0.717) is 23.9 Å². The molecule has 0 heterocycles. The number of allylic oxidation sites excluding steroid dienone is 12. The van der Waals surface area contributed by atoms with Gasteiger partial charge in [0.1, 0.15) is 19.8 Å². The summed E-state index contributed by atoms with van der Waals surface area (Å²) in [6.45, 7) is 4.30. The van der Waals surface area contributed by atoms with Gasteiger partial charge in [0, 0.05) is 12.8 Å². The lowest BCUT2D eigenvalue weighted by molar-refractivity contribution is -0.870. The Balaban J connectivity index is 4.45. The van der Waals surface area contributed by atoms with Gasteiger partial charge in [-0.1, -0.05) is 145 Å². The summed E-state index contributed by atoms with van der Waals surface area (Å²) in [7, 11) is 1.44. The van der Waals surface area contributed by atoms with E-state index in [-0.39, 0.29) is 26.1 Å². The molecule has 0 aromatic rings. The van der Waals surface area contributed by atoms with Crippen molar-refractivity contribution in [2.75, 3.05) is 47.5 Å². The molecule has 0 aromatic heterocycles. The van der Waals surface area contributed by atoms with Crippen LogP contribution in [0.15, 0.2) is 72.9 Å². The number of hydrogen-bond donors (Lipinski definition) is 1. The molecule has 0 aliphatic heterocycles. The number of likely N-dealkylation sites (N-methyl/N-ethyl adjacent to an activating group) is 1. The molecule has 0 aliphatic rings. The summed E-state index contributed by atoms with van der Waals surface area (Å²) in [5, 5.41) is 0. The van der Waals surface area contributed by atoms with E-state index in [0.717, 1.165) is 77.0 Å². The standard InChI is InChI=1S/C48H84NO8P/c1-6-8-10-12-14-16-18-20-22-23-24-25-27-28-30-32-34-36-38-40-47(50)54-44-46(45-56-58(52,53)55-43-42-49(3,4)5)57-48(51)41-39-37-35-33-31-29-26-21-19-17-15-13-11-9-7-2/h14,16-17,19-22,24-26,28,30,46H,6-13,15,18,23,27,29,31-45H2,1-5H3/p+1/b16-14+,19-17+,22-20+,25-24+,26-21+,30-28+/t46-/m1/s1. The maximum absolute atomic E-state index is 12.7. The van der Waals surface area contributed by atoms with Crippen molar-refractivity contribution in [3.63, 3.8) is 0 Å². The molecule has 58 heavy (non-hydrogen) atoms. The Bertz CT molecular complexity index is 1220. The van der Waals surface area contributed by atoms with Crippen molar-refractivity contribution in [2.45, 2.75) is 174 Å². The van der Waals surface area contributed by atoms with Crippen molar-refractivity contribution in [1.29, 1.82) is 0 Å². The lowest BCUT2D eigenvalue weighted by Crippen LogP contribution is -2.37. The molecule has 0 aromatic carbocycles. The quantitative estimate of drug-likeness (QED) is 0.0162. The topological polar surface area (TPSA) is 108 Å². The van der Waals surface area contributed by atoms with Crippen molar-refractivity contribution in [1.82, 2.24) is 0 Å². The number of carbonyl (C=O) groups excluding carboxylic acids is 2. The van der Waals surface area contributed by atoms with Crippen LogP contribution in [0.3, 0.4) is 0 Å². The van der Waals surface area contributed by atoms with Crippen LogP contribution in [-0.4, -0.2) is 74.9 Å². The zero-order valence-electron chi connectivity index (χ0n) is 37.5. The first kappa shape index (κ1) is 55.5. The number of nitrogens with zero attached hydrogens (tertiary/aromatic N) is 1. The van der Waals surface area contributed by atoms with E-state index < -0.39 is 32.5 Å². The molecule has 0 saturated heterocycles. The third kappa shape index (κ3) is 43.0. The first-order valence-corrected chi connectivity index (χ1v) is 24.2. The predicted molar refractivity (Wildman–Crippen MR) is 242 cm³/mol. The molecule has 9 nitrogen and oxygen atoms in total. The van der Waals surface area contributed by atoms with Gasteiger partial charge in [0.2, 0.25) is 0 Å². The SMILES string of the molecule is CCCCC/C=C/C/C=C/C/C=C/C/C=C/CCCCCC(=O)OC[C@H](COP(=O)(O)OCC[N+](C)(C)C)OC(=O)CCCCCCC/C=C/C=C/CCCCCC. The monoisotopic (exact) mass is 835 g/mol. The molecule has 0 radical (unpaired) electrons. The van der Waals surface area contributed by atoms with Gasteiger partial charge in [0.25, 0.3) is 0 Å². The highest BCUT2D eigenvalue weighted by Gasteiger charge is 2.27. The zero-order valence-corrected chi connectivity index (χ0v) is 38.4. The Hall–Kier alpha value is -2.55. The minimum absolute atomic E-state index is 0.0195. The van der Waals surface area contributed by atoms with Gasteiger partial charge in [-0.3, -0.25) is 18.6 Å². The first-order valence-electron chi connectivity index (χ1n) is 22.7. The highest BCUT2D eigenvalue weighted by Crippen LogP contribution is 2.43. The van der Waals surface area contributed by atoms with E-state index in [1.807, 2.05) is 21.1 Å². The van der Waals surface area contributed by atoms with Crippen molar-refractivity contribution < 1.29 is 42.1 Å². The van der Waals surface area contributed by atoms with Crippen LogP contribution in [0.4, 0.5) is 0 Å². The molecular formula is C48H85NO8P+. The third-order valence-electron chi connectivity index (χ3n) is 9.24. The van der Waals surface area contributed by atoms with Crippen molar-refractivity contribution in [2.24, 2.45) is 0 Å². The lowest BCUT2D eigenvalue weighted by atomic mass is 10.1. The van der Waals surface area contributed by atoms with E-state index in [4.69, 9.17) is 18.5 Å². The average molecular weight is 835 g/mol. The number of rotatable bonds is 40. The van der Waals surface area contributed by atoms with Crippen LogP contribution >= 0.6 is 7.82 Å². The van der Waals surface area contributed by atoms with Crippen molar-refractivity contribution >= 4 is 19.8 Å². The van der Waals surface area contributed by atoms with Gasteiger partial charge in [-0.05, 0) is 83.5 Å². The summed E-state index contributed by atoms with van der Waals surface area (Å²) in [6.07, 6.45) is 49.4. The van der Waals surface area contributed by atoms with Crippen molar-refractivity contribution in [3.05, 3.63) is 72.9 Å². The minimum atomic E-state index is -4.39. The molecule has 0 aliphatic carbocycles. The number of hydrogen-bond acceptors (Lipinski definition) is 7. The van der Waals surface area contributed by atoms with Crippen LogP contribution in [-0.2, 0) is 32.7 Å². The summed E-state index contributed by atoms with van der Waals surface area (Å²) in [5.41, 5.74) is 0. The number of ether oxygens (including phenoxy) is 2. The number of esters is 2. The second-order valence-corrected chi connectivity index (χ2v) is 17.6. The summed E-state index contributed by atoms with van der Waals surface area (Å²) in [5.74, 6) is -0.858. The van der Waals surface area contributed by atoms with Crippen LogP contribution in [0, 0.1) is 0 Å². The molecule has 0 spiro atoms. The average Bonchev–Trinajstić information content (AvgIpc) is 3.17. The fraction of sp³-hybridized carbons (Fsp3) is 0.708. The number of quaternary nitrogens is 1. The van der Waals surface area contributed by atoms with Gasteiger partial charge in [0.15, 0.2) is 6.10 Å². The molecule has 0 rings (SSSR count). The first-order chi connectivity index (χ1) is 28.0. The Morgan fingerprint density at radius 1 is 0.552 bits per heavy atom. The zero-order chi connectivity index (χ0) is 42.8. The van der Waals surface area contributed by atoms with Gasteiger partial charge in [-0.15, -0.1) is 0 Å². The van der Waals surface area contributed by atoms with Crippen LogP contribution < -0.4 is 0 Å². The number of unbranched alkanes of at least 4 members (excludes halogenated alkanes) is 15. The summed E-state index contributed by atoms with van der Waals surface area (Å²) < 4.78 is 34.3. The van der Waals surface area contributed by atoms with Gasteiger partial charge >= 0.3 is 19.8 Å². The van der Waals surface area contributed by atoms with Crippen LogP contribution in [0.1, 0.15) is 168 Å². The predicted octanol–water partition coefficient (Wildman–Crippen LogP) is 13.0. The number of carbonyl (C=O) groups is 2. The molecule has 0 bridgehead atoms. The van der Waals surface area contributed by atoms with Crippen LogP contribution in [0.2, 0.25) is 0 Å². The number of phosphoric acid groups is 1. The summed E-state index contributed by atoms with van der Waals surface area (Å²) in [6, 6.07) is 0. The smallest absolute Gasteiger partial charge is 0.462 e. The molecule has 1 N–H and O–H groups in total. The van der Waals surface area contributed by atoms with Gasteiger partial charge in [-0.2, -0.15) is 0 Å². The highest BCUT2D eigenvalue weighted by atomic mass is 31.2. The van der Waals surface area contributed by atoms with Gasteiger partial charge in [0.05, 0.1) is 27.7 Å². The molecule has 10 heteroatoms. The number of phosphoric ester groups is 1. The fourth-order valence-corrected chi connectivity index (χ4v) is 6.37. The van der Waals surface area contributed by atoms with E-state index in [9.17, 15) is 19.0 Å². The molecule has 0 amide bonds. The molecule has 2 atom stereocenters. The van der Waals surface area contributed by atoms with Crippen LogP contribution in [0.25, 0.3) is 0 Å². The lowest BCUT2D eigenvalue weighted by Gasteiger charge is -2.24. The molecule has 0 saturated carbocycles. The highest BCUT2D eigenvalue weighted by molar-refractivity contribution is 7.47. The molecule has 334 valence electrons. The summed E-state index contributed by atoms with van der Waals surface area (Å²) in [4.78, 5) is 35.4. The normalized spacial score (nSPS) is 14.2. The van der Waals surface area contributed by atoms with Gasteiger partial charge < -0.3 is 18.9 Å². The Labute approximate surface area is 355 Å². The second kappa shape index (κ2) is 39.9.